The SMILES string of the molecule is CC(C)C(Br)Cc1cccc(F)c1. The number of alkyl halides is 1. The molecule has 1 unspecified atom stereocenters. The van der Waals surface area contributed by atoms with Gasteiger partial charge >= 0.3 is 0 Å². The lowest BCUT2D eigenvalue weighted by atomic mass is 10.0. The normalized spacial score (nSPS) is 13.3. The maximum Gasteiger partial charge on any atom is 0.123 e. The molecule has 1 rings (SSSR count). The fraction of sp³-hybridized carbons (Fsp3) is 0.455. The third-order valence-electron chi connectivity index (χ3n) is 2.04. The van der Waals surface area contributed by atoms with Crippen molar-refractivity contribution in [2.45, 2.75) is 25.1 Å². The Morgan fingerprint density at radius 2 is 2.08 bits per heavy atom. The molecule has 1 atom stereocenters. The molecule has 0 spiro atoms. The van der Waals surface area contributed by atoms with E-state index in [4.69, 9.17) is 0 Å². The molecule has 0 bridgehead atoms. The minimum Gasteiger partial charge on any atom is -0.207 e. The Kier molecular flexibility index (Phi) is 3.91. The van der Waals surface area contributed by atoms with Gasteiger partial charge in [-0.2, -0.15) is 0 Å². The molecule has 0 aliphatic carbocycles. The van der Waals surface area contributed by atoms with Gasteiger partial charge in [-0.05, 0) is 30.0 Å². The van der Waals surface area contributed by atoms with Gasteiger partial charge in [0, 0.05) is 4.83 Å². The van der Waals surface area contributed by atoms with Crippen molar-refractivity contribution in [2.75, 3.05) is 0 Å². The Labute approximate surface area is 87.3 Å². The maximum absolute atomic E-state index is 12.8. The van der Waals surface area contributed by atoms with Crippen LogP contribution in [0.2, 0.25) is 0 Å². The summed E-state index contributed by atoms with van der Waals surface area (Å²) >= 11 is 3.58. The van der Waals surface area contributed by atoms with Crippen molar-refractivity contribution in [3.05, 3.63) is 35.6 Å². The van der Waals surface area contributed by atoms with Crippen molar-refractivity contribution in [1.82, 2.24) is 0 Å². The fourth-order valence-corrected chi connectivity index (χ4v) is 1.50. The summed E-state index contributed by atoms with van der Waals surface area (Å²) in [6, 6.07) is 6.78. The fourth-order valence-electron chi connectivity index (χ4n) is 1.12. The smallest absolute Gasteiger partial charge is 0.123 e. The first-order chi connectivity index (χ1) is 6.09. The molecule has 0 heterocycles. The lowest BCUT2D eigenvalue weighted by Gasteiger charge is -2.13. The third kappa shape index (κ3) is 3.47. The van der Waals surface area contributed by atoms with E-state index in [9.17, 15) is 4.39 Å². The Morgan fingerprint density at radius 3 is 2.62 bits per heavy atom. The maximum atomic E-state index is 12.8. The van der Waals surface area contributed by atoms with E-state index in [-0.39, 0.29) is 5.82 Å². The molecular formula is C11H14BrF. The Bertz CT molecular complexity index is 271. The zero-order chi connectivity index (χ0) is 9.84. The van der Waals surface area contributed by atoms with Gasteiger partial charge in [-0.3, -0.25) is 0 Å². The van der Waals surface area contributed by atoms with Crippen LogP contribution in [0.15, 0.2) is 24.3 Å². The quantitative estimate of drug-likeness (QED) is 0.711. The summed E-state index contributed by atoms with van der Waals surface area (Å²) in [4.78, 5) is 0.425. The van der Waals surface area contributed by atoms with Crippen LogP contribution in [0.1, 0.15) is 19.4 Å². The van der Waals surface area contributed by atoms with Crippen LogP contribution >= 0.6 is 15.9 Å². The molecule has 0 N–H and O–H groups in total. The van der Waals surface area contributed by atoms with E-state index in [0.717, 1.165) is 12.0 Å². The van der Waals surface area contributed by atoms with E-state index >= 15 is 0 Å². The lowest BCUT2D eigenvalue weighted by Crippen LogP contribution is -2.10. The van der Waals surface area contributed by atoms with Crippen molar-refractivity contribution >= 4 is 15.9 Å². The molecule has 0 saturated heterocycles. The molecule has 0 fully saturated rings. The van der Waals surface area contributed by atoms with Gasteiger partial charge in [0.05, 0.1) is 0 Å². The number of rotatable bonds is 3. The highest BCUT2D eigenvalue weighted by atomic mass is 79.9. The van der Waals surface area contributed by atoms with Gasteiger partial charge in [-0.1, -0.05) is 41.9 Å². The van der Waals surface area contributed by atoms with Crippen LogP contribution in [0.25, 0.3) is 0 Å². The van der Waals surface area contributed by atoms with Gasteiger partial charge in [0.2, 0.25) is 0 Å². The van der Waals surface area contributed by atoms with Crippen molar-refractivity contribution < 1.29 is 4.39 Å². The Hall–Kier alpha value is -0.370. The number of benzene rings is 1. The molecular weight excluding hydrogens is 231 g/mol. The highest BCUT2D eigenvalue weighted by Crippen LogP contribution is 2.18. The van der Waals surface area contributed by atoms with Crippen LogP contribution in [-0.4, -0.2) is 4.83 Å². The third-order valence-corrected chi connectivity index (χ3v) is 3.42. The summed E-state index contributed by atoms with van der Waals surface area (Å²) in [5.41, 5.74) is 1.05. The predicted octanol–water partition coefficient (Wildman–Crippen LogP) is 3.79. The van der Waals surface area contributed by atoms with E-state index < -0.39 is 0 Å². The van der Waals surface area contributed by atoms with Gasteiger partial charge in [-0.25, -0.2) is 4.39 Å². The largest absolute Gasteiger partial charge is 0.207 e. The van der Waals surface area contributed by atoms with E-state index in [1.807, 2.05) is 6.07 Å². The molecule has 0 amide bonds. The van der Waals surface area contributed by atoms with Gasteiger partial charge in [0.15, 0.2) is 0 Å². The van der Waals surface area contributed by atoms with E-state index in [1.54, 1.807) is 12.1 Å². The Balaban J connectivity index is 2.64. The summed E-state index contributed by atoms with van der Waals surface area (Å²) in [6.07, 6.45) is 0.884. The zero-order valence-corrected chi connectivity index (χ0v) is 9.51. The second kappa shape index (κ2) is 4.75. The highest BCUT2D eigenvalue weighted by molar-refractivity contribution is 9.09. The molecule has 0 aliphatic heterocycles. The summed E-state index contributed by atoms with van der Waals surface area (Å²) in [6.45, 7) is 4.30. The number of halogens is 2. The number of hydrogen-bond donors (Lipinski definition) is 0. The summed E-state index contributed by atoms with van der Waals surface area (Å²) in [5, 5.41) is 0. The van der Waals surface area contributed by atoms with Crippen LogP contribution in [0, 0.1) is 11.7 Å². The van der Waals surface area contributed by atoms with Gasteiger partial charge in [0.1, 0.15) is 5.82 Å². The van der Waals surface area contributed by atoms with Gasteiger partial charge in [-0.15, -0.1) is 0 Å². The van der Waals surface area contributed by atoms with Crippen LogP contribution in [-0.2, 0) is 6.42 Å². The second-order valence-electron chi connectivity index (χ2n) is 3.59. The first-order valence-corrected chi connectivity index (χ1v) is 5.39. The Morgan fingerprint density at radius 1 is 1.38 bits per heavy atom. The molecule has 0 aromatic heterocycles. The standard InChI is InChI=1S/C11H14BrF/c1-8(2)11(12)7-9-4-3-5-10(13)6-9/h3-6,8,11H,7H2,1-2H3. The molecule has 0 radical (unpaired) electrons. The molecule has 72 valence electrons. The first kappa shape index (κ1) is 10.7. The zero-order valence-electron chi connectivity index (χ0n) is 7.93. The lowest BCUT2D eigenvalue weighted by molar-refractivity contribution is 0.603. The van der Waals surface area contributed by atoms with E-state index in [1.165, 1.54) is 6.07 Å². The van der Waals surface area contributed by atoms with Crippen LogP contribution < -0.4 is 0 Å². The second-order valence-corrected chi connectivity index (χ2v) is 4.77. The molecule has 0 nitrogen and oxygen atoms in total. The van der Waals surface area contributed by atoms with Gasteiger partial charge in [0.25, 0.3) is 0 Å². The van der Waals surface area contributed by atoms with Crippen molar-refractivity contribution in [3.8, 4) is 0 Å². The van der Waals surface area contributed by atoms with Crippen molar-refractivity contribution in [3.63, 3.8) is 0 Å². The number of hydrogen-bond acceptors (Lipinski definition) is 0. The average molecular weight is 245 g/mol. The molecule has 1 aromatic rings. The molecule has 2 heteroatoms. The molecule has 13 heavy (non-hydrogen) atoms. The minimum absolute atomic E-state index is 0.152. The predicted molar refractivity (Wildman–Crippen MR) is 57.7 cm³/mol. The summed E-state index contributed by atoms with van der Waals surface area (Å²) in [5.74, 6) is 0.421. The topological polar surface area (TPSA) is 0 Å². The van der Waals surface area contributed by atoms with E-state index in [2.05, 4.69) is 29.8 Å². The molecule has 1 aromatic carbocycles. The molecule has 0 saturated carbocycles. The summed E-state index contributed by atoms with van der Waals surface area (Å²) in [7, 11) is 0. The van der Waals surface area contributed by atoms with Crippen LogP contribution in [0.4, 0.5) is 4.39 Å². The van der Waals surface area contributed by atoms with Crippen molar-refractivity contribution in [2.24, 2.45) is 5.92 Å². The monoisotopic (exact) mass is 244 g/mol. The summed E-state index contributed by atoms with van der Waals surface area (Å²) < 4.78 is 12.8. The van der Waals surface area contributed by atoms with Crippen LogP contribution in [0.5, 0.6) is 0 Å². The first-order valence-electron chi connectivity index (χ1n) is 4.48. The highest BCUT2D eigenvalue weighted by Gasteiger charge is 2.09. The minimum atomic E-state index is -0.152. The van der Waals surface area contributed by atoms with Crippen LogP contribution in [0.3, 0.4) is 0 Å². The molecule has 0 aliphatic rings. The van der Waals surface area contributed by atoms with E-state index in [0.29, 0.717) is 10.7 Å². The van der Waals surface area contributed by atoms with Crippen molar-refractivity contribution in [1.29, 1.82) is 0 Å². The van der Waals surface area contributed by atoms with Gasteiger partial charge < -0.3 is 0 Å². The average Bonchev–Trinajstić information content (AvgIpc) is 2.04.